The fourth-order valence-electron chi connectivity index (χ4n) is 2.15. The van der Waals surface area contributed by atoms with E-state index in [1.165, 1.54) is 0 Å². The molecule has 16 heavy (non-hydrogen) atoms. The molecule has 0 heterocycles. The minimum Gasteiger partial charge on any atom is -0.480 e. The van der Waals surface area contributed by atoms with Crippen LogP contribution in [0.5, 0.6) is 0 Å². The first-order valence-electron chi connectivity index (χ1n) is 5.42. The third-order valence-corrected chi connectivity index (χ3v) is 3.44. The summed E-state index contributed by atoms with van der Waals surface area (Å²) in [5.41, 5.74) is 0.246. The summed E-state index contributed by atoms with van der Waals surface area (Å²) in [6, 6.07) is 7.16. The fraction of sp³-hybridized carbons (Fsp3) is 0.385. The summed E-state index contributed by atoms with van der Waals surface area (Å²) >= 11 is 0. The molecule has 1 N–H and O–H groups in total. The van der Waals surface area contributed by atoms with Gasteiger partial charge in [0.25, 0.3) is 0 Å². The zero-order valence-electron chi connectivity index (χ0n) is 9.19. The van der Waals surface area contributed by atoms with Gasteiger partial charge in [-0.15, -0.1) is 0 Å². The summed E-state index contributed by atoms with van der Waals surface area (Å²) < 4.78 is 0. The molecule has 0 aliphatic heterocycles. The Morgan fingerprint density at radius 2 is 1.88 bits per heavy atom. The lowest BCUT2D eigenvalue weighted by Crippen LogP contribution is -2.45. The molecule has 1 saturated carbocycles. The number of aryl methyl sites for hydroxylation is 1. The predicted molar refractivity (Wildman–Crippen MR) is 59.4 cm³/mol. The van der Waals surface area contributed by atoms with Gasteiger partial charge in [0.1, 0.15) is 5.41 Å². The molecule has 0 aromatic heterocycles. The summed E-state index contributed by atoms with van der Waals surface area (Å²) in [5, 5.41) is 9.19. The van der Waals surface area contributed by atoms with Gasteiger partial charge in [-0.3, -0.25) is 9.59 Å². The normalized spacial score (nSPS) is 17.6. The Morgan fingerprint density at radius 1 is 1.25 bits per heavy atom. The van der Waals surface area contributed by atoms with Gasteiger partial charge in [0.05, 0.1) is 0 Å². The number of Topliss-reactive ketones (excluding diaryl/α,β-unsaturated/α-hetero) is 1. The Balaban J connectivity index is 2.39. The van der Waals surface area contributed by atoms with Gasteiger partial charge in [-0.25, -0.2) is 0 Å². The molecule has 1 aromatic rings. The number of hydrogen-bond acceptors (Lipinski definition) is 2. The van der Waals surface area contributed by atoms with Crippen LogP contribution in [0.4, 0.5) is 0 Å². The maximum atomic E-state index is 12.2. The minimum absolute atomic E-state index is 0.232. The van der Waals surface area contributed by atoms with E-state index in [4.69, 9.17) is 0 Å². The number of carbonyl (C=O) groups is 2. The summed E-state index contributed by atoms with van der Waals surface area (Å²) in [6.07, 6.45) is 1.76. The Bertz CT molecular complexity index is 444. The standard InChI is InChI=1S/C13H14O3/c1-9-5-2-3-6-10(9)11(14)13(12(15)16)7-4-8-13/h2-3,5-6H,4,7-8H2,1H3,(H,15,16). The smallest absolute Gasteiger partial charge is 0.317 e. The van der Waals surface area contributed by atoms with E-state index in [0.29, 0.717) is 18.4 Å². The van der Waals surface area contributed by atoms with E-state index in [9.17, 15) is 14.7 Å². The van der Waals surface area contributed by atoms with Crippen molar-refractivity contribution in [3.8, 4) is 0 Å². The molecule has 0 amide bonds. The van der Waals surface area contributed by atoms with Crippen LogP contribution >= 0.6 is 0 Å². The van der Waals surface area contributed by atoms with Crippen molar-refractivity contribution in [1.82, 2.24) is 0 Å². The van der Waals surface area contributed by atoms with Gasteiger partial charge in [0.15, 0.2) is 5.78 Å². The van der Waals surface area contributed by atoms with Crippen LogP contribution in [0.3, 0.4) is 0 Å². The highest BCUT2D eigenvalue weighted by Crippen LogP contribution is 2.44. The second-order valence-electron chi connectivity index (χ2n) is 4.38. The second kappa shape index (κ2) is 3.74. The van der Waals surface area contributed by atoms with E-state index in [-0.39, 0.29) is 5.78 Å². The van der Waals surface area contributed by atoms with Crippen molar-refractivity contribution in [3.05, 3.63) is 35.4 Å². The van der Waals surface area contributed by atoms with Crippen molar-refractivity contribution < 1.29 is 14.7 Å². The first kappa shape index (κ1) is 10.9. The first-order chi connectivity index (χ1) is 7.58. The molecule has 1 aromatic carbocycles. The zero-order chi connectivity index (χ0) is 11.8. The first-order valence-corrected chi connectivity index (χ1v) is 5.42. The van der Waals surface area contributed by atoms with Crippen molar-refractivity contribution in [1.29, 1.82) is 0 Å². The van der Waals surface area contributed by atoms with Gasteiger partial charge in [-0.05, 0) is 25.3 Å². The summed E-state index contributed by atoms with van der Waals surface area (Å²) in [6.45, 7) is 1.83. The van der Waals surface area contributed by atoms with Crippen LogP contribution in [-0.4, -0.2) is 16.9 Å². The number of carboxylic acids is 1. The Kier molecular flexibility index (Phi) is 2.54. The predicted octanol–water partition coefficient (Wildman–Crippen LogP) is 2.43. The van der Waals surface area contributed by atoms with E-state index in [1.54, 1.807) is 12.1 Å². The molecule has 3 nitrogen and oxygen atoms in total. The minimum atomic E-state index is -1.15. The van der Waals surface area contributed by atoms with Crippen molar-refractivity contribution in [2.45, 2.75) is 26.2 Å². The average molecular weight is 218 g/mol. The van der Waals surface area contributed by atoms with Crippen molar-refractivity contribution >= 4 is 11.8 Å². The van der Waals surface area contributed by atoms with Crippen LogP contribution in [0.2, 0.25) is 0 Å². The van der Waals surface area contributed by atoms with E-state index in [1.807, 2.05) is 19.1 Å². The summed E-state index contributed by atoms with van der Waals surface area (Å²) in [5.74, 6) is -1.21. The number of ketones is 1. The van der Waals surface area contributed by atoms with E-state index in [2.05, 4.69) is 0 Å². The number of hydrogen-bond donors (Lipinski definition) is 1. The second-order valence-corrected chi connectivity index (χ2v) is 4.38. The van der Waals surface area contributed by atoms with Gasteiger partial charge >= 0.3 is 5.97 Å². The van der Waals surface area contributed by atoms with Crippen molar-refractivity contribution in [3.63, 3.8) is 0 Å². The maximum absolute atomic E-state index is 12.2. The monoisotopic (exact) mass is 218 g/mol. The third kappa shape index (κ3) is 1.43. The largest absolute Gasteiger partial charge is 0.480 e. The average Bonchev–Trinajstić information content (AvgIpc) is 2.15. The molecule has 1 aliphatic rings. The fourth-order valence-corrected chi connectivity index (χ4v) is 2.15. The number of rotatable bonds is 3. The highest BCUT2D eigenvalue weighted by Gasteiger charge is 2.51. The molecule has 0 bridgehead atoms. The summed E-state index contributed by atoms with van der Waals surface area (Å²) in [7, 11) is 0. The van der Waals surface area contributed by atoms with Crippen LogP contribution in [0.1, 0.15) is 35.2 Å². The van der Waals surface area contributed by atoms with Gasteiger partial charge < -0.3 is 5.11 Å². The molecule has 1 aliphatic carbocycles. The molecule has 3 heteroatoms. The van der Waals surface area contributed by atoms with Crippen LogP contribution in [0.15, 0.2) is 24.3 Å². The van der Waals surface area contributed by atoms with E-state index < -0.39 is 11.4 Å². The molecule has 0 radical (unpaired) electrons. The lowest BCUT2D eigenvalue weighted by atomic mass is 9.64. The van der Waals surface area contributed by atoms with Gasteiger partial charge in [0, 0.05) is 5.56 Å². The lowest BCUT2D eigenvalue weighted by Gasteiger charge is -2.36. The molecular formula is C13H14O3. The number of aliphatic carboxylic acids is 1. The molecule has 0 spiro atoms. The Labute approximate surface area is 94.1 Å². The summed E-state index contributed by atoms with van der Waals surface area (Å²) in [4.78, 5) is 23.4. The molecule has 0 unspecified atom stereocenters. The highest BCUT2D eigenvalue weighted by molar-refractivity contribution is 6.13. The molecule has 0 saturated heterocycles. The number of carbonyl (C=O) groups excluding carboxylic acids is 1. The molecule has 1 fully saturated rings. The van der Waals surface area contributed by atoms with Crippen molar-refractivity contribution in [2.75, 3.05) is 0 Å². The van der Waals surface area contributed by atoms with E-state index >= 15 is 0 Å². The molecule has 84 valence electrons. The van der Waals surface area contributed by atoms with Crippen LogP contribution in [-0.2, 0) is 4.79 Å². The Hall–Kier alpha value is -1.64. The third-order valence-electron chi connectivity index (χ3n) is 3.44. The Morgan fingerprint density at radius 3 is 2.31 bits per heavy atom. The van der Waals surface area contributed by atoms with Crippen LogP contribution in [0.25, 0.3) is 0 Å². The SMILES string of the molecule is Cc1ccccc1C(=O)C1(C(=O)O)CCC1. The topological polar surface area (TPSA) is 54.4 Å². The van der Waals surface area contributed by atoms with E-state index in [0.717, 1.165) is 12.0 Å². The number of carboxylic acid groups (broad SMARTS) is 1. The van der Waals surface area contributed by atoms with Gasteiger partial charge in [0.2, 0.25) is 0 Å². The van der Waals surface area contributed by atoms with Gasteiger partial charge in [-0.1, -0.05) is 30.7 Å². The van der Waals surface area contributed by atoms with Crippen LogP contribution < -0.4 is 0 Å². The molecule has 0 atom stereocenters. The quantitative estimate of drug-likeness (QED) is 0.626. The van der Waals surface area contributed by atoms with Crippen molar-refractivity contribution in [2.24, 2.45) is 5.41 Å². The zero-order valence-corrected chi connectivity index (χ0v) is 9.19. The van der Waals surface area contributed by atoms with Crippen LogP contribution in [0, 0.1) is 12.3 Å². The lowest BCUT2D eigenvalue weighted by molar-refractivity contribution is -0.150. The van der Waals surface area contributed by atoms with Gasteiger partial charge in [-0.2, -0.15) is 0 Å². The molecular weight excluding hydrogens is 204 g/mol. The molecule has 2 rings (SSSR count). The highest BCUT2D eigenvalue weighted by atomic mass is 16.4. The number of benzene rings is 1. The maximum Gasteiger partial charge on any atom is 0.317 e.